The van der Waals surface area contributed by atoms with Gasteiger partial charge in [-0.25, -0.2) is 9.97 Å². The van der Waals surface area contributed by atoms with Crippen molar-refractivity contribution in [2.45, 2.75) is 26.2 Å². The maximum absolute atomic E-state index is 4.55. The number of aromatic nitrogens is 2. The Bertz CT molecular complexity index is 424. The van der Waals surface area contributed by atoms with Crippen LogP contribution in [-0.2, 0) is 0 Å². The summed E-state index contributed by atoms with van der Waals surface area (Å²) in [4.78, 5) is 13.6. The molecule has 0 atom stereocenters. The average molecular weight is 246 g/mol. The predicted molar refractivity (Wildman–Crippen MR) is 72.8 cm³/mol. The molecule has 4 nitrogen and oxygen atoms in total. The Morgan fingerprint density at radius 2 is 1.89 bits per heavy atom. The smallest absolute Gasteiger partial charge is 0.132 e. The highest BCUT2D eigenvalue weighted by Gasteiger charge is 2.40. The number of rotatable bonds is 1. The largest absolute Gasteiger partial charge is 0.356 e. The minimum Gasteiger partial charge on any atom is -0.356 e. The number of nitrogens with zero attached hydrogens (tertiary/aromatic N) is 4. The zero-order chi connectivity index (χ0) is 12.6. The fourth-order valence-corrected chi connectivity index (χ4v) is 3.25. The molecular weight excluding hydrogens is 224 g/mol. The Kier molecular flexibility index (Phi) is 2.98. The van der Waals surface area contributed by atoms with Crippen LogP contribution in [0.4, 0.5) is 5.82 Å². The van der Waals surface area contributed by atoms with E-state index in [9.17, 15) is 0 Å². The molecule has 2 saturated heterocycles. The lowest BCUT2D eigenvalue weighted by atomic mass is 9.78. The van der Waals surface area contributed by atoms with Crippen LogP contribution in [0.2, 0.25) is 0 Å². The first-order valence-electron chi connectivity index (χ1n) is 6.90. The third-order valence-corrected chi connectivity index (χ3v) is 4.57. The van der Waals surface area contributed by atoms with Crippen LogP contribution in [0.5, 0.6) is 0 Å². The van der Waals surface area contributed by atoms with Crippen molar-refractivity contribution in [3.05, 3.63) is 18.1 Å². The van der Waals surface area contributed by atoms with Gasteiger partial charge in [0.25, 0.3) is 0 Å². The van der Waals surface area contributed by atoms with Gasteiger partial charge in [-0.15, -0.1) is 0 Å². The molecule has 1 aromatic heterocycles. The second-order valence-electron chi connectivity index (χ2n) is 5.94. The molecule has 0 bridgehead atoms. The summed E-state index contributed by atoms with van der Waals surface area (Å²) in [5.41, 5.74) is 0.547. The van der Waals surface area contributed by atoms with Crippen molar-refractivity contribution in [2.75, 3.05) is 38.1 Å². The van der Waals surface area contributed by atoms with E-state index in [0.29, 0.717) is 5.41 Å². The van der Waals surface area contributed by atoms with Gasteiger partial charge in [-0.2, -0.15) is 0 Å². The van der Waals surface area contributed by atoms with Gasteiger partial charge in [-0.05, 0) is 57.8 Å². The molecule has 0 unspecified atom stereocenters. The van der Waals surface area contributed by atoms with E-state index in [-0.39, 0.29) is 0 Å². The molecule has 18 heavy (non-hydrogen) atoms. The molecule has 3 rings (SSSR count). The van der Waals surface area contributed by atoms with Crippen molar-refractivity contribution in [3.8, 4) is 0 Å². The first kappa shape index (κ1) is 11.9. The van der Waals surface area contributed by atoms with Gasteiger partial charge in [0.05, 0.1) is 0 Å². The van der Waals surface area contributed by atoms with Crippen molar-refractivity contribution >= 4 is 5.82 Å². The van der Waals surface area contributed by atoms with Crippen LogP contribution in [0.3, 0.4) is 0 Å². The maximum atomic E-state index is 4.55. The molecule has 2 fully saturated rings. The summed E-state index contributed by atoms with van der Waals surface area (Å²) in [5, 5.41) is 0. The summed E-state index contributed by atoms with van der Waals surface area (Å²) in [6, 6.07) is 2.04. The van der Waals surface area contributed by atoms with E-state index >= 15 is 0 Å². The van der Waals surface area contributed by atoms with E-state index in [4.69, 9.17) is 0 Å². The molecule has 0 radical (unpaired) electrons. The molecule has 0 aromatic carbocycles. The third kappa shape index (κ3) is 2.21. The normalized spacial score (nSPS) is 23.8. The fraction of sp³-hybridized carbons (Fsp3) is 0.714. The monoisotopic (exact) mass is 246 g/mol. The van der Waals surface area contributed by atoms with E-state index in [0.717, 1.165) is 18.2 Å². The summed E-state index contributed by atoms with van der Waals surface area (Å²) in [6.07, 6.45) is 5.87. The molecule has 0 saturated carbocycles. The molecule has 2 aliphatic rings. The van der Waals surface area contributed by atoms with Gasteiger partial charge in [-0.3, -0.25) is 0 Å². The van der Waals surface area contributed by atoms with E-state index in [1.165, 1.54) is 38.9 Å². The summed E-state index contributed by atoms with van der Waals surface area (Å²) >= 11 is 0. The van der Waals surface area contributed by atoms with Gasteiger partial charge < -0.3 is 9.80 Å². The zero-order valence-corrected chi connectivity index (χ0v) is 11.4. The lowest BCUT2D eigenvalue weighted by Crippen LogP contribution is -2.39. The van der Waals surface area contributed by atoms with Crippen LogP contribution < -0.4 is 4.90 Å². The van der Waals surface area contributed by atoms with Gasteiger partial charge in [0, 0.05) is 19.3 Å². The summed E-state index contributed by atoms with van der Waals surface area (Å²) in [7, 11) is 2.23. The molecule has 0 aliphatic carbocycles. The van der Waals surface area contributed by atoms with Crippen LogP contribution in [0.15, 0.2) is 12.3 Å². The van der Waals surface area contributed by atoms with E-state index in [1.54, 1.807) is 0 Å². The summed E-state index contributed by atoms with van der Waals surface area (Å²) in [6.45, 7) is 6.79. The van der Waals surface area contributed by atoms with Gasteiger partial charge >= 0.3 is 0 Å². The minimum atomic E-state index is 0.547. The second kappa shape index (κ2) is 4.50. The summed E-state index contributed by atoms with van der Waals surface area (Å²) in [5.74, 6) is 1.98. The van der Waals surface area contributed by atoms with Crippen molar-refractivity contribution in [1.29, 1.82) is 0 Å². The summed E-state index contributed by atoms with van der Waals surface area (Å²) < 4.78 is 0. The predicted octanol–water partition coefficient (Wildman–Crippen LogP) is 1.71. The lowest BCUT2D eigenvalue weighted by Gasteiger charge is -2.37. The van der Waals surface area contributed by atoms with E-state index in [1.807, 2.05) is 19.2 Å². The topological polar surface area (TPSA) is 32.3 Å². The second-order valence-corrected chi connectivity index (χ2v) is 5.94. The molecule has 3 heterocycles. The van der Waals surface area contributed by atoms with Crippen LogP contribution in [0, 0.1) is 12.3 Å². The van der Waals surface area contributed by atoms with Gasteiger partial charge in [0.2, 0.25) is 0 Å². The molecule has 0 N–H and O–H groups in total. The number of aryl methyl sites for hydroxylation is 1. The maximum Gasteiger partial charge on any atom is 0.132 e. The van der Waals surface area contributed by atoms with Crippen molar-refractivity contribution in [2.24, 2.45) is 5.41 Å². The SMILES string of the molecule is Cc1nccc(N2CCC3(CCN(C)CC3)C2)n1. The minimum absolute atomic E-state index is 0.547. The average Bonchev–Trinajstić information content (AvgIpc) is 2.78. The molecule has 4 heteroatoms. The van der Waals surface area contributed by atoms with Gasteiger partial charge in [0.15, 0.2) is 0 Å². The number of hydrogen-bond donors (Lipinski definition) is 0. The number of piperidine rings is 1. The Balaban J connectivity index is 1.71. The van der Waals surface area contributed by atoms with Crippen LogP contribution in [-0.4, -0.2) is 48.1 Å². The number of anilines is 1. The standard InChI is InChI=1S/C14H22N4/c1-12-15-7-3-13(16-12)18-10-6-14(11-18)4-8-17(2)9-5-14/h3,7H,4-6,8-11H2,1-2H3. The van der Waals surface area contributed by atoms with Crippen molar-refractivity contribution < 1.29 is 0 Å². The lowest BCUT2D eigenvalue weighted by molar-refractivity contribution is 0.142. The third-order valence-electron chi connectivity index (χ3n) is 4.57. The van der Waals surface area contributed by atoms with Crippen molar-refractivity contribution in [1.82, 2.24) is 14.9 Å². The van der Waals surface area contributed by atoms with Crippen LogP contribution >= 0.6 is 0 Å². The number of hydrogen-bond acceptors (Lipinski definition) is 4. The Morgan fingerprint density at radius 1 is 1.17 bits per heavy atom. The molecule has 0 amide bonds. The Labute approximate surface area is 109 Å². The van der Waals surface area contributed by atoms with Crippen LogP contribution in [0.1, 0.15) is 25.1 Å². The molecule has 98 valence electrons. The van der Waals surface area contributed by atoms with E-state index in [2.05, 4.69) is 26.8 Å². The first-order valence-corrected chi connectivity index (χ1v) is 6.90. The van der Waals surface area contributed by atoms with Crippen LogP contribution in [0.25, 0.3) is 0 Å². The Hall–Kier alpha value is -1.16. The first-order chi connectivity index (χ1) is 8.67. The Morgan fingerprint density at radius 3 is 2.61 bits per heavy atom. The molecule has 1 aromatic rings. The number of likely N-dealkylation sites (tertiary alicyclic amines) is 1. The van der Waals surface area contributed by atoms with Crippen molar-refractivity contribution in [3.63, 3.8) is 0 Å². The van der Waals surface area contributed by atoms with Gasteiger partial charge in [0.1, 0.15) is 11.6 Å². The quantitative estimate of drug-likeness (QED) is 0.755. The molecule has 2 aliphatic heterocycles. The van der Waals surface area contributed by atoms with Gasteiger partial charge in [-0.1, -0.05) is 0 Å². The zero-order valence-electron chi connectivity index (χ0n) is 11.4. The fourth-order valence-electron chi connectivity index (χ4n) is 3.25. The van der Waals surface area contributed by atoms with E-state index < -0.39 is 0 Å². The highest BCUT2D eigenvalue weighted by atomic mass is 15.2. The highest BCUT2D eigenvalue weighted by molar-refractivity contribution is 5.39. The molecular formula is C14H22N4. The molecule has 1 spiro atoms. The highest BCUT2D eigenvalue weighted by Crippen LogP contribution is 2.41.